The standard InChI is InChI=1S/C17H17BrClN3O2/c1-10(2)20-17(24)22-15-6-4-3-5-14(15)21-16(23)12-8-7-11(18)9-13(12)19/h3-10H,1-2H3,(H,21,23)(H2,20,22,24). The van der Waals surface area contributed by atoms with Crippen molar-refractivity contribution in [2.75, 3.05) is 10.6 Å². The SMILES string of the molecule is CC(C)NC(=O)Nc1ccccc1NC(=O)c1ccc(Br)cc1Cl. The normalized spacial score (nSPS) is 10.4. The second-order valence-electron chi connectivity index (χ2n) is 5.38. The molecule has 0 unspecified atom stereocenters. The maximum Gasteiger partial charge on any atom is 0.319 e. The summed E-state index contributed by atoms with van der Waals surface area (Å²) in [5.74, 6) is -0.356. The van der Waals surface area contributed by atoms with Crippen LogP contribution in [-0.4, -0.2) is 18.0 Å². The fourth-order valence-electron chi connectivity index (χ4n) is 1.98. The summed E-state index contributed by atoms with van der Waals surface area (Å²) in [5.41, 5.74) is 1.33. The van der Waals surface area contributed by atoms with E-state index >= 15 is 0 Å². The van der Waals surface area contributed by atoms with Crippen LogP contribution in [0.15, 0.2) is 46.9 Å². The van der Waals surface area contributed by atoms with Gasteiger partial charge >= 0.3 is 6.03 Å². The number of carbonyl (C=O) groups excluding carboxylic acids is 2. The predicted molar refractivity (Wildman–Crippen MR) is 101 cm³/mol. The van der Waals surface area contributed by atoms with Crippen molar-refractivity contribution in [3.05, 3.63) is 57.5 Å². The molecular weight excluding hydrogens is 394 g/mol. The maximum absolute atomic E-state index is 12.4. The Kier molecular flexibility index (Phi) is 6.23. The van der Waals surface area contributed by atoms with E-state index in [2.05, 4.69) is 31.9 Å². The number of halogens is 2. The van der Waals surface area contributed by atoms with E-state index in [0.717, 1.165) is 4.47 Å². The second-order valence-corrected chi connectivity index (χ2v) is 6.70. The van der Waals surface area contributed by atoms with Crippen molar-refractivity contribution in [3.8, 4) is 0 Å². The molecular formula is C17H17BrClN3O2. The Hall–Kier alpha value is -2.05. The largest absolute Gasteiger partial charge is 0.336 e. The Bertz CT molecular complexity index is 765. The Labute approximate surface area is 153 Å². The minimum Gasteiger partial charge on any atom is -0.336 e. The first-order valence-electron chi connectivity index (χ1n) is 7.29. The van der Waals surface area contributed by atoms with Crippen LogP contribution in [0.4, 0.5) is 16.2 Å². The summed E-state index contributed by atoms with van der Waals surface area (Å²) < 4.78 is 0.788. The highest BCUT2D eigenvalue weighted by molar-refractivity contribution is 9.10. The van der Waals surface area contributed by atoms with Gasteiger partial charge < -0.3 is 16.0 Å². The number of urea groups is 1. The third-order valence-corrected chi connectivity index (χ3v) is 3.82. The minimum absolute atomic E-state index is 0.00771. The van der Waals surface area contributed by atoms with Crippen molar-refractivity contribution in [2.45, 2.75) is 19.9 Å². The van der Waals surface area contributed by atoms with Gasteiger partial charge in [-0.2, -0.15) is 0 Å². The van der Waals surface area contributed by atoms with Crippen molar-refractivity contribution in [2.24, 2.45) is 0 Å². The lowest BCUT2D eigenvalue weighted by Gasteiger charge is -2.14. The first kappa shape index (κ1) is 18.3. The van der Waals surface area contributed by atoms with Crippen molar-refractivity contribution < 1.29 is 9.59 Å². The fourth-order valence-corrected chi connectivity index (χ4v) is 2.74. The Balaban J connectivity index is 2.17. The predicted octanol–water partition coefficient (Wildman–Crippen LogP) is 4.88. The molecule has 0 aliphatic carbocycles. The lowest BCUT2D eigenvalue weighted by molar-refractivity contribution is 0.102. The second kappa shape index (κ2) is 8.17. The zero-order valence-corrected chi connectivity index (χ0v) is 15.5. The third kappa shape index (κ3) is 4.97. The highest BCUT2D eigenvalue weighted by Gasteiger charge is 2.14. The number of para-hydroxylation sites is 2. The molecule has 126 valence electrons. The van der Waals surface area contributed by atoms with Crippen LogP contribution in [0.25, 0.3) is 0 Å². The number of anilines is 2. The molecule has 0 aromatic heterocycles. The maximum atomic E-state index is 12.4. The molecule has 0 spiro atoms. The van der Waals surface area contributed by atoms with Gasteiger partial charge in [0.2, 0.25) is 0 Å². The Morgan fingerprint density at radius 1 is 1.04 bits per heavy atom. The van der Waals surface area contributed by atoms with Crippen LogP contribution in [0.5, 0.6) is 0 Å². The molecule has 2 aromatic rings. The monoisotopic (exact) mass is 409 g/mol. The number of rotatable bonds is 4. The van der Waals surface area contributed by atoms with E-state index < -0.39 is 0 Å². The number of hydrogen-bond acceptors (Lipinski definition) is 2. The molecule has 5 nitrogen and oxygen atoms in total. The van der Waals surface area contributed by atoms with Gasteiger partial charge in [-0.05, 0) is 44.2 Å². The molecule has 2 rings (SSSR count). The summed E-state index contributed by atoms with van der Waals surface area (Å²) >= 11 is 9.40. The molecule has 0 saturated heterocycles. The smallest absolute Gasteiger partial charge is 0.319 e. The average molecular weight is 411 g/mol. The van der Waals surface area contributed by atoms with Crippen LogP contribution in [0.3, 0.4) is 0 Å². The highest BCUT2D eigenvalue weighted by atomic mass is 79.9. The fraction of sp³-hybridized carbons (Fsp3) is 0.176. The van der Waals surface area contributed by atoms with E-state index in [-0.39, 0.29) is 18.0 Å². The Morgan fingerprint density at radius 3 is 2.25 bits per heavy atom. The van der Waals surface area contributed by atoms with Crippen LogP contribution in [0, 0.1) is 0 Å². The van der Waals surface area contributed by atoms with Gasteiger partial charge in [0.05, 0.1) is 22.0 Å². The number of nitrogens with one attached hydrogen (secondary N) is 3. The minimum atomic E-state index is -0.356. The van der Waals surface area contributed by atoms with E-state index in [9.17, 15) is 9.59 Å². The highest BCUT2D eigenvalue weighted by Crippen LogP contribution is 2.25. The average Bonchev–Trinajstić information content (AvgIpc) is 2.48. The van der Waals surface area contributed by atoms with Gasteiger partial charge in [0.25, 0.3) is 5.91 Å². The topological polar surface area (TPSA) is 70.2 Å². The third-order valence-electron chi connectivity index (χ3n) is 3.02. The first-order valence-corrected chi connectivity index (χ1v) is 8.47. The van der Waals surface area contributed by atoms with Crippen LogP contribution < -0.4 is 16.0 Å². The molecule has 0 radical (unpaired) electrons. The van der Waals surface area contributed by atoms with Gasteiger partial charge in [-0.3, -0.25) is 4.79 Å². The molecule has 3 N–H and O–H groups in total. The van der Waals surface area contributed by atoms with Gasteiger partial charge in [0.1, 0.15) is 0 Å². The summed E-state index contributed by atoms with van der Waals surface area (Å²) in [6, 6.07) is 11.6. The van der Waals surface area contributed by atoms with Crippen LogP contribution in [-0.2, 0) is 0 Å². The van der Waals surface area contributed by atoms with Gasteiger partial charge in [-0.25, -0.2) is 4.79 Å². The molecule has 3 amide bonds. The summed E-state index contributed by atoms with van der Waals surface area (Å²) in [6.45, 7) is 3.73. The molecule has 0 saturated carbocycles. The zero-order chi connectivity index (χ0) is 17.7. The molecule has 0 aliphatic rings. The van der Waals surface area contributed by atoms with Crippen LogP contribution in [0.1, 0.15) is 24.2 Å². The van der Waals surface area contributed by atoms with Crippen molar-refractivity contribution in [3.63, 3.8) is 0 Å². The molecule has 7 heteroatoms. The molecule has 0 heterocycles. The van der Waals surface area contributed by atoms with Crippen molar-refractivity contribution >= 4 is 50.8 Å². The van der Waals surface area contributed by atoms with Gasteiger partial charge in [-0.1, -0.05) is 39.7 Å². The summed E-state index contributed by atoms with van der Waals surface area (Å²) in [5, 5.41) is 8.55. The van der Waals surface area contributed by atoms with E-state index in [4.69, 9.17) is 11.6 Å². The van der Waals surface area contributed by atoms with Gasteiger partial charge in [0.15, 0.2) is 0 Å². The van der Waals surface area contributed by atoms with Gasteiger partial charge in [-0.15, -0.1) is 0 Å². The first-order chi connectivity index (χ1) is 11.4. The molecule has 2 aromatic carbocycles. The zero-order valence-electron chi connectivity index (χ0n) is 13.2. The molecule has 0 aliphatic heterocycles. The van der Waals surface area contributed by atoms with E-state index in [0.29, 0.717) is 22.0 Å². The lowest BCUT2D eigenvalue weighted by atomic mass is 10.2. The summed E-state index contributed by atoms with van der Waals surface area (Å²) in [6.07, 6.45) is 0. The van der Waals surface area contributed by atoms with Crippen LogP contribution >= 0.6 is 27.5 Å². The number of carbonyl (C=O) groups is 2. The quantitative estimate of drug-likeness (QED) is 0.672. The Morgan fingerprint density at radius 2 is 1.67 bits per heavy atom. The van der Waals surface area contributed by atoms with E-state index in [1.165, 1.54) is 0 Å². The van der Waals surface area contributed by atoms with Crippen LogP contribution in [0.2, 0.25) is 5.02 Å². The van der Waals surface area contributed by atoms with Crippen molar-refractivity contribution in [1.82, 2.24) is 5.32 Å². The number of hydrogen-bond donors (Lipinski definition) is 3. The van der Waals surface area contributed by atoms with E-state index in [1.807, 2.05) is 13.8 Å². The summed E-state index contributed by atoms with van der Waals surface area (Å²) in [4.78, 5) is 24.3. The van der Waals surface area contributed by atoms with E-state index in [1.54, 1.807) is 42.5 Å². The number of amides is 3. The molecule has 24 heavy (non-hydrogen) atoms. The molecule has 0 atom stereocenters. The molecule has 0 bridgehead atoms. The number of benzene rings is 2. The molecule has 0 fully saturated rings. The van der Waals surface area contributed by atoms with Gasteiger partial charge in [0, 0.05) is 10.5 Å². The summed E-state index contributed by atoms with van der Waals surface area (Å²) in [7, 11) is 0. The lowest BCUT2D eigenvalue weighted by Crippen LogP contribution is -2.34. The van der Waals surface area contributed by atoms with Crippen molar-refractivity contribution in [1.29, 1.82) is 0 Å².